The first kappa shape index (κ1) is 16.5. The maximum absolute atomic E-state index is 13.6. The van der Waals surface area contributed by atoms with Gasteiger partial charge in [-0.05, 0) is 19.9 Å². The Morgan fingerprint density at radius 1 is 1.33 bits per heavy atom. The second kappa shape index (κ2) is 5.81. The number of rotatable bonds is 5. The summed E-state index contributed by atoms with van der Waals surface area (Å²) in [7, 11) is 0. The number of nitro groups is 1. The van der Waals surface area contributed by atoms with Gasteiger partial charge in [0.25, 0.3) is 5.91 Å². The van der Waals surface area contributed by atoms with E-state index in [-0.39, 0.29) is 6.54 Å². The van der Waals surface area contributed by atoms with Crippen LogP contribution in [-0.2, 0) is 4.79 Å². The van der Waals surface area contributed by atoms with Crippen LogP contribution in [0.15, 0.2) is 12.1 Å². The van der Waals surface area contributed by atoms with Crippen LogP contribution in [0.25, 0.3) is 0 Å². The number of benzene rings is 1. The van der Waals surface area contributed by atoms with Crippen molar-refractivity contribution in [1.82, 2.24) is 5.32 Å². The molecule has 1 amide bonds. The lowest BCUT2D eigenvalue weighted by atomic mass is 9.94. The number of aliphatic carboxylic acids is 1. The Morgan fingerprint density at radius 2 is 1.90 bits per heavy atom. The zero-order valence-electron chi connectivity index (χ0n) is 11.1. The molecule has 0 heterocycles. The number of nitrogens with zero attached hydrogens (tertiary/aromatic N) is 1. The number of carboxylic acids is 1. The maximum Gasteiger partial charge on any atom is 0.310 e. The van der Waals surface area contributed by atoms with Crippen molar-refractivity contribution in [1.29, 1.82) is 0 Å². The molecule has 7 nitrogen and oxygen atoms in total. The quantitative estimate of drug-likeness (QED) is 0.635. The highest BCUT2D eigenvalue weighted by atomic mass is 19.1. The average Bonchev–Trinajstić information content (AvgIpc) is 2.37. The summed E-state index contributed by atoms with van der Waals surface area (Å²) in [5.74, 6) is -4.87. The van der Waals surface area contributed by atoms with E-state index < -0.39 is 45.1 Å². The first-order valence-electron chi connectivity index (χ1n) is 5.71. The minimum atomic E-state index is -1.36. The minimum absolute atomic E-state index is 0.298. The van der Waals surface area contributed by atoms with Crippen molar-refractivity contribution in [2.75, 3.05) is 6.54 Å². The van der Waals surface area contributed by atoms with Crippen LogP contribution >= 0.6 is 0 Å². The Kier molecular flexibility index (Phi) is 4.56. The SMILES string of the molecule is CC(C)(CNC(=O)c1cc(F)c([N+](=O)[O-])cc1F)C(=O)O. The van der Waals surface area contributed by atoms with Crippen molar-refractivity contribution in [3.05, 3.63) is 39.4 Å². The molecule has 0 atom stereocenters. The Hall–Kier alpha value is -2.58. The summed E-state index contributed by atoms with van der Waals surface area (Å²) in [5.41, 5.74) is -3.12. The van der Waals surface area contributed by atoms with Crippen LogP contribution in [0.4, 0.5) is 14.5 Å². The zero-order chi connectivity index (χ0) is 16.4. The number of nitro benzene ring substituents is 1. The van der Waals surface area contributed by atoms with Crippen molar-refractivity contribution >= 4 is 17.6 Å². The normalized spacial score (nSPS) is 11.0. The number of amides is 1. The molecule has 0 unspecified atom stereocenters. The third-order valence-electron chi connectivity index (χ3n) is 2.75. The molecule has 21 heavy (non-hydrogen) atoms. The van der Waals surface area contributed by atoms with Crippen molar-refractivity contribution in [3.8, 4) is 0 Å². The first-order chi connectivity index (χ1) is 9.56. The number of carboxylic acid groups (broad SMARTS) is 1. The molecular formula is C12H12F2N2O5. The summed E-state index contributed by atoms with van der Waals surface area (Å²) >= 11 is 0. The van der Waals surface area contributed by atoms with Crippen molar-refractivity contribution in [2.24, 2.45) is 5.41 Å². The van der Waals surface area contributed by atoms with Gasteiger partial charge >= 0.3 is 11.7 Å². The number of hydrogen-bond acceptors (Lipinski definition) is 4. The van der Waals surface area contributed by atoms with E-state index in [1.807, 2.05) is 0 Å². The fraction of sp³-hybridized carbons (Fsp3) is 0.333. The average molecular weight is 302 g/mol. The van der Waals surface area contributed by atoms with Crippen molar-refractivity contribution < 1.29 is 28.4 Å². The first-order valence-corrected chi connectivity index (χ1v) is 5.71. The Morgan fingerprint density at radius 3 is 2.38 bits per heavy atom. The number of halogens is 2. The summed E-state index contributed by atoms with van der Waals surface area (Å²) in [4.78, 5) is 31.8. The molecule has 0 saturated carbocycles. The summed E-state index contributed by atoms with van der Waals surface area (Å²) in [6, 6.07) is 0.698. The Labute approximate surface area is 117 Å². The van der Waals surface area contributed by atoms with Crippen LogP contribution in [0.1, 0.15) is 24.2 Å². The van der Waals surface area contributed by atoms with Gasteiger partial charge in [-0.1, -0.05) is 0 Å². The van der Waals surface area contributed by atoms with Crippen LogP contribution in [0.2, 0.25) is 0 Å². The van der Waals surface area contributed by atoms with E-state index in [1.54, 1.807) is 0 Å². The molecule has 0 saturated heterocycles. The molecule has 1 aromatic rings. The molecular weight excluding hydrogens is 290 g/mol. The van der Waals surface area contributed by atoms with E-state index in [0.29, 0.717) is 12.1 Å². The predicted octanol–water partition coefficient (Wildman–Crippen LogP) is 1.71. The van der Waals surface area contributed by atoms with E-state index in [0.717, 1.165) is 0 Å². The van der Waals surface area contributed by atoms with Crippen LogP contribution in [0, 0.1) is 27.2 Å². The van der Waals surface area contributed by atoms with Gasteiger partial charge in [0.05, 0.1) is 22.0 Å². The Balaban J connectivity index is 2.97. The molecule has 0 spiro atoms. The highest BCUT2D eigenvalue weighted by Crippen LogP contribution is 2.21. The molecule has 0 radical (unpaired) electrons. The molecule has 9 heteroatoms. The van der Waals surface area contributed by atoms with E-state index in [2.05, 4.69) is 5.32 Å². The van der Waals surface area contributed by atoms with Gasteiger partial charge < -0.3 is 10.4 Å². The van der Waals surface area contributed by atoms with Crippen molar-refractivity contribution in [2.45, 2.75) is 13.8 Å². The molecule has 0 aromatic heterocycles. The van der Waals surface area contributed by atoms with E-state index in [4.69, 9.17) is 5.11 Å². The Bertz CT molecular complexity index is 616. The van der Waals surface area contributed by atoms with Gasteiger partial charge in [0.2, 0.25) is 5.82 Å². The molecule has 1 aromatic carbocycles. The molecule has 0 fully saturated rings. The largest absolute Gasteiger partial charge is 0.481 e. The number of carbonyl (C=O) groups excluding carboxylic acids is 1. The van der Waals surface area contributed by atoms with Gasteiger partial charge in [0.15, 0.2) is 0 Å². The summed E-state index contributed by atoms with van der Waals surface area (Å²) < 4.78 is 26.9. The fourth-order valence-electron chi connectivity index (χ4n) is 1.32. The number of hydrogen-bond donors (Lipinski definition) is 2. The fourth-order valence-corrected chi connectivity index (χ4v) is 1.32. The van der Waals surface area contributed by atoms with Gasteiger partial charge in [0.1, 0.15) is 5.82 Å². The number of carbonyl (C=O) groups is 2. The van der Waals surface area contributed by atoms with Crippen LogP contribution in [-0.4, -0.2) is 28.5 Å². The molecule has 0 aliphatic heterocycles. The van der Waals surface area contributed by atoms with Gasteiger partial charge in [-0.15, -0.1) is 0 Å². The lowest BCUT2D eigenvalue weighted by Crippen LogP contribution is -2.39. The van der Waals surface area contributed by atoms with Gasteiger partial charge in [0, 0.05) is 6.54 Å². The molecule has 1 rings (SSSR count). The predicted molar refractivity (Wildman–Crippen MR) is 66.8 cm³/mol. The van der Waals surface area contributed by atoms with Crippen LogP contribution in [0.5, 0.6) is 0 Å². The smallest absolute Gasteiger partial charge is 0.310 e. The third-order valence-corrected chi connectivity index (χ3v) is 2.75. The molecule has 114 valence electrons. The highest BCUT2D eigenvalue weighted by Gasteiger charge is 2.29. The lowest BCUT2D eigenvalue weighted by molar-refractivity contribution is -0.387. The van der Waals surface area contributed by atoms with Crippen molar-refractivity contribution in [3.63, 3.8) is 0 Å². The van der Waals surface area contributed by atoms with Gasteiger partial charge in [-0.25, -0.2) is 4.39 Å². The standard InChI is InChI=1S/C12H12F2N2O5/c1-12(2,11(18)19)5-15-10(17)6-3-8(14)9(16(20)21)4-7(6)13/h3-4H,5H2,1-2H3,(H,15,17)(H,18,19). The summed E-state index contributed by atoms with van der Waals surface area (Å²) in [6.07, 6.45) is 0. The summed E-state index contributed by atoms with van der Waals surface area (Å²) in [5, 5.41) is 21.4. The summed E-state index contributed by atoms with van der Waals surface area (Å²) in [6.45, 7) is 2.35. The van der Waals surface area contributed by atoms with E-state index in [9.17, 15) is 28.5 Å². The van der Waals surface area contributed by atoms with E-state index in [1.165, 1.54) is 13.8 Å². The van der Waals surface area contributed by atoms with Gasteiger partial charge in [-0.2, -0.15) is 4.39 Å². The molecule has 0 aliphatic carbocycles. The zero-order valence-corrected chi connectivity index (χ0v) is 11.1. The second-order valence-corrected chi connectivity index (χ2v) is 4.91. The third kappa shape index (κ3) is 3.71. The minimum Gasteiger partial charge on any atom is -0.481 e. The highest BCUT2D eigenvalue weighted by molar-refractivity contribution is 5.95. The van der Waals surface area contributed by atoms with E-state index >= 15 is 0 Å². The second-order valence-electron chi connectivity index (χ2n) is 4.91. The van der Waals surface area contributed by atoms with Crippen LogP contribution < -0.4 is 5.32 Å². The maximum atomic E-state index is 13.6. The van der Waals surface area contributed by atoms with Crippen LogP contribution in [0.3, 0.4) is 0 Å². The topological polar surface area (TPSA) is 110 Å². The molecule has 0 bridgehead atoms. The van der Waals surface area contributed by atoms with Gasteiger partial charge in [-0.3, -0.25) is 19.7 Å². The monoisotopic (exact) mass is 302 g/mol. The number of nitrogens with one attached hydrogen (secondary N) is 1. The molecule has 0 aliphatic rings. The lowest BCUT2D eigenvalue weighted by Gasteiger charge is -2.19. The molecule has 2 N–H and O–H groups in total.